The smallest absolute Gasteiger partial charge is 0.119 e. The van der Waals surface area contributed by atoms with E-state index in [4.69, 9.17) is 0 Å². The summed E-state index contributed by atoms with van der Waals surface area (Å²) in [4.78, 5) is 0. The van der Waals surface area contributed by atoms with Gasteiger partial charge in [0.25, 0.3) is 0 Å². The fourth-order valence-electron chi connectivity index (χ4n) is 6.12. The summed E-state index contributed by atoms with van der Waals surface area (Å²) in [7, 11) is 0. The Labute approximate surface area is 243 Å². The monoisotopic (exact) mass is 544 g/mol. The number of phenolic OH excluding ortho intramolecular Hbond substituents is 3. The van der Waals surface area contributed by atoms with Crippen molar-refractivity contribution in [2.75, 3.05) is 0 Å². The van der Waals surface area contributed by atoms with Gasteiger partial charge in [0.15, 0.2) is 0 Å². The highest BCUT2D eigenvalue weighted by Gasteiger charge is 2.29. The topological polar surface area (TPSA) is 60.7 Å². The molecule has 0 spiro atoms. The fraction of sp³-hybridized carbons (Fsp3) is 0.514. The van der Waals surface area contributed by atoms with Gasteiger partial charge >= 0.3 is 0 Å². The minimum atomic E-state index is -0.178. The molecule has 3 heteroatoms. The molecule has 3 nitrogen and oxygen atoms in total. The standard InChI is InChI=1S/C37H52O3/c1-21(25-18-32(38)29(15-22(25)2)35(5,6)7)14-28(26-19-33(39)30(16-23(26)3)36(8,9)10)27-20-34(40)31(17-24(27)4)37(11,12)13/h15-21,28,38-40H,14H2,1-13H3. The molecule has 0 aliphatic carbocycles. The summed E-state index contributed by atoms with van der Waals surface area (Å²) in [5.41, 5.74) is 8.99. The van der Waals surface area contributed by atoms with Crippen LogP contribution in [0.2, 0.25) is 0 Å². The molecule has 0 aliphatic heterocycles. The van der Waals surface area contributed by atoms with E-state index in [2.05, 4.69) is 108 Å². The molecule has 0 heterocycles. The Morgan fingerprint density at radius 1 is 0.500 bits per heavy atom. The summed E-state index contributed by atoms with van der Waals surface area (Å²) in [6.07, 6.45) is 0.763. The number of benzene rings is 3. The van der Waals surface area contributed by atoms with Gasteiger partial charge in [-0.15, -0.1) is 0 Å². The maximum absolute atomic E-state index is 11.2. The average Bonchev–Trinajstić information content (AvgIpc) is 2.79. The summed E-state index contributed by atoms with van der Waals surface area (Å²) in [5.74, 6) is 1.02. The number of hydrogen-bond acceptors (Lipinski definition) is 3. The van der Waals surface area contributed by atoms with Crippen LogP contribution in [0.4, 0.5) is 0 Å². The summed E-state index contributed by atoms with van der Waals surface area (Å²) >= 11 is 0. The van der Waals surface area contributed by atoms with Gasteiger partial charge in [-0.2, -0.15) is 0 Å². The van der Waals surface area contributed by atoms with Gasteiger partial charge < -0.3 is 15.3 Å². The lowest BCUT2D eigenvalue weighted by Crippen LogP contribution is -2.16. The Hall–Kier alpha value is -2.94. The lowest BCUT2D eigenvalue weighted by Gasteiger charge is -2.30. The van der Waals surface area contributed by atoms with Crippen LogP contribution in [0.25, 0.3) is 0 Å². The van der Waals surface area contributed by atoms with Crippen LogP contribution in [0.3, 0.4) is 0 Å². The number of phenols is 3. The van der Waals surface area contributed by atoms with E-state index in [0.29, 0.717) is 17.2 Å². The zero-order valence-electron chi connectivity index (χ0n) is 27.2. The quantitative estimate of drug-likeness (QED) is 0.299. The molecule has 0 saturated heterocycles. The molecular weight excluding hydrogens is 492 g/mol. The molecule has 0 aliphatic rings. The van der Waals surface area contributed by atoms with Gasteiger partial charge in [0.1, 0.15) is 17.2 Å². The third-order valence-electron chi connectivity index (χ3n) is 8.45. The first-order valence-electron chi connectivity index (χ1n) is 14.6. The van der Waals surface area contributed by atoms with Crippen LogP contribution in [0.15, 0.2) is 36.4 Å². The molecule has 3 N–H and O–H groups in total. The fourth-order valence-corrected chi connectivity index (χ4v) is 6.12. The molecule has 3 aromatic rings. The number of aromatic hydroxyl groups is 3. The summed E-state index contributed by atoms with van der Waals surface area (Å²) in [6, 6.07) is 12.2. The van der Waals surface area contributed by atoms with Crippen LogP contribution in [0.1, 0.15) is 138 Å². The molecule has 0 radical (unpaired) electrons. The van der Waals surface area contributed by atoms with Gasteiger partial charge in [-0.05, 0) is 118 Å². The largest absolute Gasteiger partial charge is 0.508 e. The highest BCUT2D eigenvalue weighted by Crippen LogP contribution is 2.45. The second-order valence-corrected chi connectivity index (χ2v) is 15.1. The minimum absolute atomic E-state index is 0.0568. The Morgan fingerprint density at radius 2 is 0.775 bits per heavy atom. The van der Waals surface area contributed by atoms with E-state index in [-0.39, 0.29) is 28.1 Å². The van der Waals surface area contributed by atoms with E-state index in [1.165, 1.54) is 5.56 Å². The first-order valence-corrected chi connectivity index (χ1v) is 14.6. The van der Waals surface area contributed by atoms with Gasteiger partial charge in [0.2, 0.25) is 0 Å². The first kappa shape index (κ1) is 31.6. The SMILES string of the molecule is Cc1cc(C(C)(C)C)c(O)cc1C(C)CC(c1cc(O)c(C(C)(C)C)cc1C)c1cc(O)c(C(C)(C)C)cc1C. The van der Waals surface area contributed by atoms with E-state index >= 15 is 0 Å². The maximum atomic E-state index is 11.2. The Kier molecular flexibility index (Phi) is 8.53. The molecule has 0 aromatic heterocycles. The second kappa shape index (κ2) is 10.8. The van der Waals surface area contributed by atoms with E-state index in [0.717, 1.165) is 50.9 Å². The molecule has 3 rings (SSSR count). The first-order chi connectivity index (χ1) is 18.1. The van der Waals surface area contributed by atoms with Crippen molar-refractivity contribution in [1.29, 1.82) is 0 Å². The molecule has 1 unspecified atom stereocenters. The van der Waals surface area contributed by atoms with Crippen molar-refractivity contribution in [3.05, 3.63) is 86.5 Å². The van der Waals surface area contributed by atoms with Crippen molar-refractivity contribution in [2.45, 2.75) is 125 Å². The third kappa shape index (κ3) is 6.51. The number of hydrogen-bond donors (Lipinski definition) is 3. The average molecular weight is 545 g/mol. The van der Waals surface area contributed by atoms with E-state index in [9.17, 15) is 15.3 Å². The Bertz CT molecular complexity index is 1320. The van der Waals surface area contributed by atoms with Gasteiger partial charge in [0.05, 0.1) is 0 Å². The minimum Gasteiger partial charge on any atom is -0.508 e. The van der Waals surface area contributed by atoms with Crippen LogP contribution in [0.5, 0.6) is 17.2 Å². The van der Waals surface area contributed by atoms with Crippen molar-refractivity contribution >= 4 is 0 Å². The normalized spacial score (nSPS) is 13.7. The molecule has 218 valence electrons. The van der Waals surface area contributed by atoms with Crippen LogP contribution in [-0.4, -0.2) is 15.3 Å². The van der Waals surface area contributed by atoms with Crippen LogP contribution < -0.4 is 0 Å². The summed E-state index contributed by atoms with van der Waals surface area (Å²) < 4.78 is 0. The van der Waals surface area contributed by atoms with Gasteiger partial charge in [-0.25, -0.2) is 0 Å². The van der Waals surface area contributed by atoms with Crippen molar-refractivity contribution in [1.82, 2.24) is 0 Å². The van der Waals surface area contributed by atoms with E-state index < -0.39 is 0 Å². The molecule has 0 bridgehead atoms. The molecular formula is C37H52O3. The zero-order valence-corrected chi connectivity index (χ0v) is 27.2. The highest BCUT2D eigenvalue weighted by atomic mass is 16.3. The third-order valence-corrected chi connectivity index (χ3v) is 8.45. The molecule has 0 fully saturated rings. The summed E-state index contributed by atoms with van der Waals surface area (Å²) in [5, 5.41) is 33.3. The van der Waals surface area contributed by atoms with Crippen LogP contribution >= 0.6 is 0 Å². The predicted molar refractivity (Wildman–Crippen MR) is 170 cm³/mol. The van der Waals surface area contributed by atoms with Crippen molar-refractivity contribution < 1.29 is 15.3 Å². The zero-order chi connectivity index (χ0) is 30.5. The lowest BCUT2D eigenvalue weighted by molar-refractivity contribution is 0.442. The highest BCUT2D eigenvalue weighted by molar-refractivity contribution is 5.53. The second-order valence-electron chi connectivity index (χ2n) is 15.1. The summed E-state index contributed by atoms with van der Waals surface area (Å²) in [6.45, 7) is 27.6. The van der Waals surface area contributed by atoms with Gasteiger partial charge in [-0.3, -0.25) is 0 Å². The molecule has 1 atom stereocenters. The predicted octanol–water partition coefficient (Wildman–Crippen LogP) is 9.95. The van der Waals surface area contributed by atoms with Gasteiger partial charge in [0, 0.05) is 5.92 Å². The number of rotatable bonds is 5. The maximum Gasteiger partial charge on any atom is 0.119 e. The van der Waals surface area contributed by atoms with Crippen molar-refractivity contribution in [3.63, 3.8) is 0 Å². The van der Waals surface area contributed by atoms with E-state index in [1.54, 1.807) is 0 Å². The van der Waals surface area contributed by atoms with Crippen LogP contribution in [0, 0.1) is 20.8 Å². The lowest BCUT2D eigenvalue weighted by atomic mass is 9.75. The van der Waals surface area contributed by atoms with Crippen molar-refractivity contribution in [3.8, 4) is 17.2 Å². The molecule has 40 heavy (non-hydrogen) atoms. The van der Waals surface area contributed by atoms with Gasteiger partial charge in [-0.1, -0.05) is 87.4 Å². The van der Waals surface area contributed by atoms with E-state index in [1.807, 2.05) is 18.2 Å². The molecule has 0 amide bonds. The Balaban J connectivity index is 2.22. The molecule has 0 saturated carbocycles. The molecule has 3 aromatic carbocycles. The van der Waals surface area contributed by atoms with Crippen LogP contribution in [-0.2, 0) is 16.2 Å². The Morgan fingerprint density at radius 3 is 1.07 bits per heavy atom. The number of aryl methyl sites for hydroxylation is 3. The van der Waals surface area contributed by atoms with Crippen molar-refractivity contribution in [2.24, 2.45) is 0 Å².